The molecule has 1 aliphatic heterocycles. The molecular formula is C26H23NO4S. The Bertz CT molecular complexity index is 1230. The Morgan fingerprint density at radius 3 is 2.56 bits per heavy atom. The van der Waals surface area contributed by atoms with Crippen molar-refractivity contribution in [2.75, 3.05) is 19.0 Å². The number of methoxy groups -OCH3 is 1. The molecule has 0 saturated carbocycles. The highest BCUT2D eigenvalue weighted by Gasteiger charge is 2.25. The van der Waals surface area contributed by atoms with Crippen LogP contribution in [0.25, 0.3) is 6.08 Å². The number of ether oxygens (including phenoxy) is 2. The maximum Gasteiger partial charge on any atom is 0.262 e. The zero-order chi connectivity index (χ0) is 22.7. The summed E-state index contributed by atoms with van der Waals surface area (Å²) in [7, 11) is 1.54. The molecule has 1 amide bonds. The van der Waals surface area contributed by atoms with Crippen LogP contribution in [0, 0.1) is 13.8 Å². The van der Waals surface area contributed by atoms with E-state index in [1.165, 1.54) is 17.3 Å². The van der Waals surface area contributed by atoms with Crippen molar-refractivity contribution < 1.29 is 19.1 Å². The maximum atomic E-state index is 12.6. The molecule has 0 fully saturated rings. The van der Waals surface area contributed by atoms with E-state index in [1.807, 2.05) is 68.5 Å². The number of aryl methyl sites for hydroxylation is 2. The lowest BCUT2D eigenvalue weighted by molar-refractivity contribution is -0.118. The van der Waals surface area contributed by atoms with Crippen LogP contribution in [0.1, 0.15) is 27.0 Å². The number of allylic oxidation sites excluding steroid dienone is 1. The molecule has 1 aliphatic rings. The van der Waals surface area contributed by atoms with Gasteiger partial charge in [0.15, 0.2) is 18.1 Å². The third-order valence-electron chi connectivity index (χ3n) is 5.21. The normalized spacial score (nSPS) is 13.7. The van der Waals surface area contributed by atoms with Gasteiger partial charge in [-0.25, -0.2) is 0 Å². The van der Waals surface area contributed by atoms with Crippen molar-refractivity contribution in [2.24, 2.45) is 0 Å². The second kappa shape index (κ2) is 9.32. The van der Waals surface area contributed by atoms with E-state index in [0.29, 0.717) is 16.4 Å². The van der Waals surface area contributed by atoms with E-state index in [0.717, 1.165) is 27.3 Å². The summed E-state index contributed by atoms with van der Waals surface area (Å²) in [4.78, 5) is 26.5. The van der Waals surface area contributed by atoms with Gasteiger partial charge in [0, 0.05) is 16.1 Å². The van der Waals surface area contributed by atoms with Crippen molar-refractivity contribution in [3.05, 3.63) is 87.8 Å². The van der Waals surface area contributed by atoms with Gasteiger partial charge in [0.05, 0.1) is 12.0 Å². The van der Waals surface area contributed by atoms with Crippen LogP contribution < -0.4 is 14.8 Å². The zero-order valence-electron chi connectivity index (χ0n) is 18.1. The highest BCUT2D eigenvalue weighted by Crippen LogP contribution is 2.41. The Kier molecular flexibility index (Phi) is 6.32. The summed E-state index contributed by atoms with van der Waals surface area (Å²) in [6, 6.07) is 18.7. The number of carbonyl (C=O) groups excluding carboxylic acids is 2. The summed E-state index contributed by atoms with van der Waals surface area (Å²) < 4.78 is 11.1. The fourth-order valence-corrected chi connectivity index (χ4v) is 4.39. The van der Waals surface area contributed by atoms with Gasteiger partial charge in [0.2, 0.25) is 5.78 Å². The van der Waals surface area contributed by atoms with Gasteiger partial charge in [-0.1, -0.05) is 36.0 Å². The topological polar surface area (TPSA) is 64.6 Å². The number of Topliss-reactive ketones (excluding diaryl/α,β-unsaturated/α-hetero) is 1. The molecule has 0 aliphatic carbocycles. The molecule has 162 valence electrons. The Morgan fingerprint density at radius 1 is 1.00 bits per heavy atom. The van der Waals surface area contributed by atoms with Crippen molar-refractivity contribution >= 4 is 35.2 Å². The first kappa shape index (κ1) is 21.7. The van der Waals surface area contributed by atoms with Crippen LogP contribution in [0.5, 0.6) is 11.5 Å². The summed E-state index contributed by atoms with van der Waals surface area (Å²) in [6.07, 6.45) is 1.84. The maximum absolute atomic E-state index is 12.6. The Labute approximate surface area is 191 Å². The second-order valence-electron chi connectivity index (χ2n) is 7.48. The van der Waals surface area contributed by atoms with Crippen LogP contribution in [0.4, 0.5) is 5.69 Å². The van der Waals surface area contributed by atoms with Gasteiger partial charge in [-0.2, -0.15) is 0 Å². The van der Waals surface area contributed by atoms with Gasteiger partial charge in [-0.3, -0.25) is 9.59 Å². The molecule has 3 aromatic rings. The van der Waals surface area contributed by atoms with E-state index in [9.17, 15) is 9.59 Å². The van der Waals surface area contributed by atoms with E-state index < -0.39 is 0 Å². The lowest BCUT2D eigenvalue weighted by Gasteiger charge is -2.12. The fourth-order valence-electron chi connectivity index (χ4n) is 3.34. The lowest BCUT2D eigenvalue weighted by atomic mass is 10.1. The van der Waals surface area contributed by atoms with E-state index >= 15 is 0 Å². The van der Waals surface area contributed by atoms with E-state index in [-0.39, 0.29) is 18.3 Å². The summed E-state index contributed by atoms with van der Waals surface area (Å²) in [5.41, 5.74) is 4.55. The molecule has 0 atom stereocenters. The quantitative estimate of drug-likeness (QED) is 0.496. The average Bonchev–Trinajstić information content (AvgIpc) is 3.10. The molecule has 4 rings (SSSR count). The van der Waals surface area contributed by atoms with Crippen molar-refractivity contribution in [2.45, 2.75) is 18.7 Å². The van der Waals surface area contributed by atoms with Crippen LogP contribution in [0.15, 0.2) is 70.5 Å². The first-order chi connectivity index (χ1) is 15.4. The van der Waals surface area contributed by atoms with Crippen LogP contribution in [-0.2, 0) is 4.79 Å². The number of benzene rings is 3. The van der Waals surface area contributed by atoms with Crippen LogP contribution in [-0.4, -0.2) is 25.4 Å². The number of anilines is 1. The SMILES string of the molecule is COc1cc(/C=C2\Sc3ccccc3C2=O)ccc1OCC(=O)Nc1ccc(C)c(C)c1. The van der Waals surface area contributed by atoms with Crippen molar-refractivity contribution in [3.8, 4) is 11.5 Å². The molecule has 0 aromatic heterocycles. The molecule has 0 unspecified atom stereocenters. The number of fused-ring (bicyclic) bond motifs is 1. The molecule has 6 heteroatoms. The molecule has 0 radical (unpaired) electrons. The van der Waals surface area contributed by atoms with Gasteiger partial charge in [0.25, 0.3) is 5.91 Å². The minimum absolute atomic E-state index is 0.0212. The minimum atomic E-state index is -0.257. The largest absolute Gasteiger partial charge is 0.493 e. The third kappa shape index (κ3) is 4.70. The van der Waals surface area contributed by atoms with Gasteiger partial charge >= 0.3 is 0 Å². The molecule has 1 heterocycles. The standard InChI is InChI=1S/C26H23NO4S/c1-16-8-10-19(12-17(16)2)27-25(28)15-31-21-11-9-18(13-22(21)30-3)14-24-26(29)20-6-4-5-7-23(20)32-24/h4-14H,15H2,1-3H3,(H,27,28)/b24-14-. The zero-order valence-corrected chi connectivity index (χ0v) is 18.9. The molecule has 3 aromatic carbocycles. The molecule has 0 saturated heterocycles. The highest BCUT2D eigenvalue weighted by atomic mass is 32.2. The van der Waals surface area contributed by atoms with E-state index in [2.05, 4.69) is 5.32 Å². The molecule has 0 bridgehead atoms. The predicted octanol–water partition coefficient (Wildman–Crippen LogP) is 5.66. The predicted molar refractivity (Wildman–Crippen MR) is 128 cm³/mol. The Balaban J connectivity index is 1.43. The number of hydrogen-bond acceptors (Lipinski definition) is 5. The number of nitrogens with one attached hydrogen (secondary N) is 1. The average molecular weight is 446 g/mol. The number of thioether (sulfide) groups is 1. The van der Waals surface area contributed by atoms with E-state index in [1.54, 1.807) is 19.2 Å². The number of hydrogen-bond donors (Lipinski definition) is 1. The smallest absolute Gasteiger partial charge is 0.262 e. The summed E-state index contributed by atoms with van der Waals surface area (Å²) >= 11 is 1.46. The first-order valence-corrected chi connectivity index (χ1v) is 11.0. The highest BCUT2D eigenvalue weighted by molar-refractivity contribution is 8.04. The molecule has 0 spiro atoms. The Morgan fingerprint density at radius 2 is 1.81 bits per heavy atom. The van der Waals surface area contributed by atoms with Crippen molar-refractivity contribution in [3.63, 3.8) is 0 Å². The lowest BCUT2D eigenvalue weighted by Crippen LogP contribution is -2.20. The summed E-state index contributed by atoms with van der Waals surface area (Å²) in [5.74, 6) is 0.713. The monoisotopic (exact) mass is 445 g/mol. The van der Waals surface area contributed by atoms with Gasteiger partial charge < -0.3 is 14.8 Å². The van der Waals surface area contributed by atoms with Crippen molar-refractivity contribution in [1.82, 2.24) is 0 Å². The van der Waals surface area contributed by atoms with Crippen molar-refractivity contribution in [1.29, 1.82) is 0 Å². The van der Waals surface area contributed by atoms with E-state index in [4.69, 9.17) is 9.47 Å². The van der Waals surface area contributed by atoms with Crippen LogP contribution in [0.2, 0.25) is 0 Å². The fraction of sp³-hybridized carbons (Fsp3) is 0.154. The molecule has 32 heavy (non-hydrogen) atoms. The summed E-state index contributed by atoms with van der Waals surface area (Å²) in [6.45, 7) is 3.88. The Hall–Kier alpha value is -3.51. The van der Waals surface area contributed by atoms with Crippen LogP contribution in [0.3, 0.4) is 0 Å². The minimum Gasteiger partial charge on any atom is -0.493 e. The third-order valence-corrected chi connectivity index (χ3v) is 6.31. The van der Waals surface area contributed by atoms with Gasteiger partial charge in [-0.05, 0) is 73.0 Å². The number of ketones is 1. The number of carbonyl (C=O) groups is 2. The number of amides is 1. The molecule has 5 nitrogen and oxygen atoms in total. The van der Waals surface area contributed by atoms with Gasteiger partial charge in [-0.15, -0.1) is 0 Å². The number of rotatable bonds is 6. The van der Waals surface area contributed by atoms with Crippen LogP contribution >= 0.6 is 11.8 Å². The second-order valence-corrected chi connectivity index (χ2v) is 8.57. The molecular weight excluding hydrogens is 422 g/mol. The van der Waals surface area contributed by atoms with Gasteiger partial charge in [0.1, 0.15) is 0 Å². The first-order valence-electron chi connectivity index (χ1n) is 10.2. The molecule has 1 N–H and O–H groups in total. The summed E-state index contributed by atoms with van der Waals surface area (Å²) in [5, 5.41) is 2.84.